The second kappa shape index (κ2) is 10.1. The molecule has 9 heteroatoms. The van der Waals surface area contributed by atoms with E-state index in [2.05, 4.69) is 20.0 Å². The number of halogens is 2. The van der Waals surface area contributed by atoms with Crippen LogP contribution in [0.25, 0.3) is 0 Å². The average molecular weight is 398 g/mol. The van der Waals surface area contributed by atoms with Crippen molar-refractivity contribution in [1.29, 1.82) is 0 Å². The van der Waals surface area contributed by atoms with Gasteiger partial charge in [0.15, 0.2) is 17.5 Å². The summed E-state index contributed by atoms with van der Waals surface area (Å²) in [6, 6.07) is 4.88. The molecule has 0 aliphatic carbocycles. The molecule has 0 aliphatic heterocycles. The Hall–Kier alpha value is -2.42. The van der Waals surface area contributed by atoms with Crippen LogP contribution in [0.5, 0.6) is 11.5 Å². The number of thiazole rings is 1. The van der Waals surface area contributed by atoms with E-state index in [9.17, 15) is 8.78 Å². The maximum atomic E-state index is 12.5. The summed E-state index contributed by atoms with van der Waals surface area (Å²) in [4.78, 5) is 10.7. The highest BCUT2D eigenvalue weighted by atomic mass is 32.1. The van der Waals surface area contributed by atoms with Crippen LogP contribution in [0.4, 0.5) is 8.78 Å². The highest BCUT2D eigenvalue weighted by molar-refractivity contribution is 7.09. The van der Waals surface area contributed by atoms with Crippen LogP contribution in [0.15, 0.2) is 28.6 Å². The van der Waals surface area contributed by atoms with Gasteiger partial charge in [-0.2, -0.15) is 8.78 Å². The molecule has 0 spiro atoms. The lowest BCUT2D eigenvalue weighted by atomic mass is 10.2. The Morgan fingerprint density at radius 2 is 2.15 bits per heavy atom. The Bertz CT molecular complexity index is 768. The number of hydrogen-bond acceptors (Lipinski definition) is 5. The monoisotopic (exact) mass is 398 g/mol. The predicted molar refractivity (Wildman–Crippen MR) is 103 cm³/mol. The number of guanidine groups is 1. The number of nitrogens with zero attached hydrogens (tertiary/aromatic N) is 3. The maximum Gasteiger partial charge on any atom is 0.387 e. The quantitative estimate of drug-likeness (QED) is 0.543. The van der Waals surface area contributed by atoms with Gasteiger partial charge in [-0.25, -0.2) is 4.98 Å². The second-order valence-corrected chi connectivity index (χ2v) is 6.77. The molecular formula is C18H24F2N4O2S. The zero-order chi connectivity index (χ0) is 19.8. The fourth-order valence-electron chi connectivity index (χ4n) is 2.49. The normalized spacial score (nSPS) is 11.6. The van der Waals surface area contributed by atoms with Gasteiger partial charge in [-0.05, 0) is 31.5 Å². The molecule has 1 N–H and O–H groups in total. The van der Waals surface area contributed by atoms with Crippen molar-refractivity contribution in [1.82, 2.24) is 15.2 Å². The third kappa shape index (κ3) is 6.35. The number of ether oxygens (including phenoxy) is 2. The van der Waals surface area contributed by atoms with Gasteiger partial charge in [-0.15, -0.1) is 11.3 Å². The van der Waals surface area contributed by atoms with Crippen LogP contribution in [0.3, 0.4) is 0 Å². The smallest absolute Gasteiger partial charge is 0.387 e. The van der Waals surface area contributed by atoms with E-state index in [1.807, 2.05) is 24.3 Å². The largest absolute Gasteiger partial charge is 0.490 e. The third-order valence-corrected chi connectivity index (χ3v) is 4.44. The van der Waals surface area contributed by atoms with Gasteiger partial charge < -0.3 is 19.7 Å². The molecule has 0 atom stereocenters. The molecule has 0 amide bonds. The summed E-state index contributed by atoms with van der Waals surface area (Å²) in [5.74, 6) is 1.01. The van der Waals surface area contributed by atoms with Crippen molar-refractivity contribution in [3.63, 3.8) is 0 Å². The van der Waals surface area contributed by atoms with Crippen molar-refractivity contribution < 1.29 is 18.3 Å². The number of rotatable bonds is 8. The number of aliphatic imine (C=N–C) groups is 1. The van der Waals surface area contributed by atoms with Crippen LogP contribution in [0, 0.1) is 6.92 Å². The van der Waals surface area contributed by atoms with E-state index in [0.717, 1.165) is 16.3 Å². The SMILES string of the molecule is CCOc1cc(CNC(=NC)N(C)Cc2csc(C)n2)ccc1OC(F)F. The Balaban J connectivity index is 2.01. The molecule has 1 aromatic heterocycles. The van der Waals surface area contributed by atoms with Gasteiger partial charge in [0, 0.05) is 26.0 Å². The Kier molecular flexibility index (Phi) is 7.78. The highest BCUT2D eigenvalue weighted by Gasteiger charge is 2.13. The first-order valence-corrected chi connectivity index (χ1v) is 9.34. The second-order valence-electron chi connectivity index (χ2n) is 5.71. The van der Waals surface area contributed by atoms with E-state index in [1.54, 1.807) is 37.4 Å². The van der Waals surface area contributed by atoms with Gasteiger partial charge in [0.1, 0.15) is 0 Å². The summed E-state index contributed by atoms with van der Waals surface area (Å²) in [6.45, 7) is 2.31. The highest BCUT2D eigenvalue weighted by Crippen LogP contribution is 2.29. The van der Waals surface area contributed by atoms with E-state index in [-0.39, 0.29) is 5.75 Å². The molecule has 1 aromatic carbocycles. The van der Waals surface area contributed by atoms with Gasteiger partial charge in [0.25, 0.3) is 0 Å². The number of alkyl halides is 2. The van der Waals surface area contributed by atoms with Crippen molar-refractivity contribution in [3.05, 3.63) is 39.8 Å². The summed E-state index contributed by atoms with van der Waals surface area (Å²) in [6.07, 6.45) is 0. The van der Waals surface area contributed by atoms with Crippen LogP contribution in [0.2, 0.25) is 0 Å². The zero-order valence-electron chi connectivity index (χ0n) is 15.8. The molecule has 6 nitrogen and oxygen atoms in total. The molecule has 0 saturated heterocycles. The summed E-state index contributed by atoms with van der Waals surface area (Å²) < 4.78 is 34.9. The topological polar surface area (TPSA) is 59.0 Å². The Labute approximate surface area is 161 Å². The lowest BCUT2D eigenvalue weighted by Gasteiger charge is -2.21. The minimum absolute atomic E-state index is 0.0241. The van der Waals surface area contributed by atoms with E-state index in [1.165, 1.54) is 6.07 Å². The van der Waals surface area contributed by atoms with Crippen LogP contribution in [-0.2, 0) is 13.1 Å². The molecule has 27 heavy (non-hydrogen) atoms. The number of benzene rings is 1. The molecule has 0 radical (unpaired) electrons. The molecule has 0 fully saturated rings. The zero-order valence-corrected chi connectivity index (χ0v) is 16.6. The molecule has 0 bridgehead atoms. The minimum Gasteiger partial charge on any atom is -0.490 e. The Morgan fingerprint density at radius 3 is 2.74 bits per heavy atom. The van der Waals surface area contributed by atoms with Crippen LogP contribution in [-0.4, -0.2) is 43.2 Å². The fourth-order valence-corrected chi connectivity index (χ4v) is 3.09. The molecule has 0 saturated carbocycles. The summed E-state index contributed by atoms with van der Waals surface area (Å²) in [5.41, 5.74) is 1.84. The van der Waals surface area contributed by atoms with Crippen LogP contribution < -0.4 is 14.8 Å². The summed E-state index contributed by atoms with van der Waals surface area (Å²) in [7, 11) is 3.63. The molecular weight excluding hydrogens is 374 g/mol. The lowest BCUT2D eigenvalue weighted by Crippen LogP contribution is -2.38. The Morgan fingerprint density at radius 1 is 1.37 bits per heavy atom. The third-order valence-electron chi connectivity index (χ3n) is 3.61. The standard InChI is InChI=1S/C18H24F2N4O2S/c1-5-25-16-8-13(6-7-15(16)26-17(19)20)9-22-18(21-3)24(4)10-14-11-27-12(2)23-14/h6-8,11,17H,5,9-10H2,1-4H3,(H,21,22). The lowest BCUT2D eigenvalue weighted by molar-refractivity contribution is -0.0514. The first kappa shape index (κ1) is 20.9. The molecule has 0 unspecified atom stereocenters. The molecule has 1 heterocycles. The first-order valence-electron chi connectivity index (χ1n) is 8.46. The van der Waals surface area contributed by atoms with E-state index in [0.29, 0.717) is 31.4 Å². The van der Waals surface area contributed by atoms with E-state index in [4.69, 9.17) is 4.74 Å². The molecule has 0 aliphatic rings. The van der Waals surface area contributed by atoms with Crippen LogP contribution >= 0.6 is 11.3 Å². The first-order chi connectivity index (χ1) is 12.9. The van der Waals surface area contributed by atoms with Gasteiger partial charge >= 0.3 is 6.61 Å². The van der Waals surface area contributed by atoms with Crippen LogP contribution in [0.1, 0.15) is 23.2 Å². The van der Waals surface area contributed by atoms with Crippen molar-refractivity contribution in [2.75, 3.05) is 20.7 Å². The van der Waals surface area contributed by atoms with Crippen molar-refractivity contribution >= 4 is 17.3 Å². The van der Waals surface area contributed by atoms with E-state index >= 15 is 0 Å². The fraction of sp³-hybridized carbons (Fsp3) is 0.444. The predicted octanol–water partition coefficient (Wildman–Crippen LogP) is 3.66. The van der Waals surface area contributed by atoms with Crippen molar-refractivity contribution in [2.45, 2.75) is 33.5 Å². The van der Waals surface area contributed by atoms with Crippen molar-refractivity contribution in [2.24, 2.45) is 4.99 Å². The number of aromatic nitrogens is 1. The minimum atomic E-state index is -2.89. The summed E-state index contributed by atoms with van der Waals surface area (Å²) in [5, 5.41) is 6.30. The number of nitrogens with one attached hydrogen (secondary N) is 1. The van der Waals surface area contributed by atoms with Gasteiger partial charge in [-0.3, -0.25) is 4.99 Å². The average Bonchev–Trinajstić information content (AvgIpc) is 3.02. The molecule has 148 valence electrons. The summed E-state index contributed by atoms with van der Waals surface area (Å²) >= 11 is 1.61. The number of hydrogen-bond donors (Lipinski definition) is 1. The van der Waals surface area contributed by atoms with Gasteiger partial charge in [0.2, 0.25) is 0 Å². The number of aryl methyl sites for hydroxylation is 1. The van der Waals surface area contributed by atoms with Gasteiger partial charge in [0.05, 0.1) is 23.9 Å². The van der Waals surface area contributed by atoms with Gasteiger partial charge in [-0.1, -0.05) is 6.07 Å². The van der Waals surface area contributed by atoms with Crippen molar-refractivity contribution in [3.8, 4) is 11.5 Å². The van der Waals surface area contributed by atoms with E-state index < -0.39 is 6.61 Å². The molecule has 2 rings (SSSR count). The molecule has 2 aromatic rings. The maximum absolute atomic E-state index is 12.5.